The van der Waals surface area contributed by atoms with E-state index in [1.165, 1.54) is 23.9 Å². The maximum Gasteiger partial charge on any atom is 0.321 e. The van der Waals surface area contributed by atoms with Gasteiger partial charge in [0, 0.05) is 4.90 Å². The van der Waals surface area contributed by atoms with E-state index >= 15 is 0 Å². The second-order valence-corrected chi connectivity index (χ2v) is 8.16. The Morgan fingerprint density at radius 3 is 2.41 bits per heavy atom. The molecular weight excluding hydrogens is 388 g/mol. The van der Waals surface area contributed by atoms with Crippen LogP contribution in [0.2, 0.25) is 0 Å². The van der Waals surface area contributed by atoms with Crippen molar-refractivity contribution in [2.45, 2.75) is 16.7 Å². The Kier molecular flexibility index (Phi) is 7.40. The highest BCUT2D eigenvalue weighted by atomic mass is 32.2. The Balaban J connectivity index is 1.82. The molecule has 0 aliphatic heterocycles. The second-order valence-electron chi connectivity index (χ2n) is 5.55. The van der Waals surface area contributed by atoms with E-state index in [4.69, 9.17) is 4.74 Å². The zero-order valence-electron chi connectivity index (χ0n) is 14.9. The van der Waals surface area contributed by atoms with Crippen LogP contribution in [0.15, 0.2) is 58.3 Å². The maximum atomic E-state index is 12.1. The Morgan fingerprint density at radius 1 is 1.07 bits per heavy atom. The van der Waals surface area contributed by atoms with Crippen LogP contribution in [-0.2, 0) is 24.3 Å². The standard InChI is InChI=1S/C18H20N2O5S2/c1-13-7-9-14(10-8-13)27(23,24)19-11-18(22)25-12-17(21)20-15-5-3-4-6-16(15)26-2/h3-10,19H,11-12H2,1-2H3,(H,20,21). The van der Waals surface area contributed by atoms with Crippen molar-refractivity contribution in [3.05, 3.63) is 54.1 Å². The summed E-state index contributed by atoms with van der Waals surface area (Å²) in [5, 5.41) is 2.64. The van der Waals surface area contributed by atoms with Crippen molar-refractivity contribution < 1.29 is 22.7 Å². The highest BCUT2D eigenvalue weighted by Gasteiger charge is 2.16. The molecule has 0 saturated heterocycles. The molecule has 0 atom stereocenters. The topological polar surface area (TPSA) is 102 Å². The number of benzene rings is 2. The summed E-state index contributed by atoms with van der Waals surface area (Å²) in [5.41, 5.74) is 1.54. The van der Waals surface area contributed by atoms with E-state index in [0.717, 1.165) is 10.5 Å². The van der Waals surface area contributed by atoms with Crippen molar-refractivity contribution in [3.63, 3.8) is 0 Å². The van der Waals surface area contributed by atoms with Gasteiger partial charge in [-0.15, -0.1) is 11.8 Å². The minimum atomic E-state index is -3.82. The Labute approximate surface area is 162 Å². The summed E-state index contributed by atoms with van der Waals surface area (Å²) in [6.45, 7) is 0.766. The molecule has 0 fully saturated rings. The van der Waals surface area contributed by atoms with Gasteiger partial charge in [-0.2, -0.15) is 4.72 Å². The fourth-order valence-corrected chi connectivity index (χ4v) is 3.61. The second kappa shape index (κ2) is 9.54. The van der Waals surface area contributed by atoms with Crippen LogP contribution < -0.4 is 10.0 Å². The minimum Gasteiger partial charge on any atom is -0.455 e. The summed E-state index contributed by atoms with van der Waals surface area (Å²) in [5.74, 6) is -1.36. The molecule has 0 aromatic heterocycles. The Morgan fingerprint density at radius 2 is 1.74 bits per heavy atom. The number of nitrogens with one attached hydrogen (secondary N) is 2. The van der Waals surface area contributed by atoms with E-state index in [1.54, 1.807) is 24.3 Å². The molecule has 2 aromatic carbocycles. The quantitative estimate of drug-likeness (QED) is 0.513. The molecular formula is C18H20N2O5S2. The van der Waals surface area contributed by atoms with Gasteiger partial charge < -0.3 is 10.1 Å². The smallest absolute Gasteiger partial charge is 0.321 e. The van der Waals surface area contributed by atoms with E-state index in [9.17, 15) is 18.0 Å². The van der Waals surface area contributed by atoms with Gasteiger partial charge >= 0.3 is 5.97 Å². The Bertz CT molecular complexity index is 912. The van der Waals surface area contributed by atoms with Gasteiger partial charge in [-0.3, -0.25) is 9.59 Å². The third kappa shape index (κ3) is 6.38. The van der Waals surface area contributed by atoms with Crippen molar-refractivity contribution in [2.24, 2.45) is 0 Å². The predicted octanol–water partition coefficient (Wildman–Crippen LogP) is 2.18. The molecule has 0 aliphatic carbocycles. The van der Waals surface area contributed by atoms with Crippen molar-refractivity contribution in [3.8, 4) is 0 Å². The predicted molar refractivity (Wildman–Crippen MR) is 104 cm³/mol. The molecule has 2 rings (SSSR count). The number of carbonyl (C=O) groups is 2. The van der Waals surface area contributed by atoms with Crippen molar-refractivity contribution in [2.75, 3.05) is 24.7 Å². The van der Waals surface area contributed by atoms with E-state index in [-0.39, 0.29) is 4.90 Å². The van der Waals surface area contributed by atoms with Gasteiger partial charge in [0.25, 0.3) is 5.91 Å². The molecule has 2 aromatic rings. The summed E-state index contributed by atoms with van der Waals surface area (Å²) < 4.78 is 31.2. The number of anilines is 1. The van der Waals surface area contributed by atoms with Crippen LogP contribution in [0.25, 0.3) is 0 Å². The number of amides is 1. The van der Waals surface area contributed by atoms with E-state index in [2.05, 4.69) is 10.0 Å². The lowest BCUT2D eigenvalue weighted by Gasteiger charge is -2.10. The molecule has 1 amide bonds. The van der Waals surface area contributed by atoms with Crippen LogP contribution in [0.1, 0.15) is 5.56 Å². The number of esters is 1. The van der Waals surface area contributed by atoms with Gasteiger partial charge in [0.15, 0.2) is 6.61 Å². The summed E-state index contributed by atoms with van der Waals surface area (Å²) in [6.07, 6.45) is 1.88. The zero-order chi connectivity index (χ0) is 19.9. The first-order valence-corrected chi connectivity index (χ1v) is 10.7. The van der Waals surface area contributed by atoms with E-state index < -0.39 is 35.1 Å². The summed E-state index contributed by atoms with van der Waals surface area (Å²) in [4.78, 5) is 24.6. The van der Waals surface area contributed by atoms with Crippen molar-refractivity contribution >= 4 is 39.3 Å². The molecule has 2 N–H and O–H groups in total. The minimum absolute atomic E-state index is 0.0484. The normalized spacial score (nSPS) is 11.0. The van der Waals surface area contributed by atoms with Crippen molar-refractivity contribution in [1.29, 1.82) is 0 Å². The molecule has 0 spiro atoms. The monoisotopic (exact) mass is 408 g/mol. The number of carbonyl (C=O) groups excluding carboxylic acids is 2. The number of hydrogen-bond donors (Lipinski definition) is 2. The van der Waals surface area contributed by atoms with Gasteiger partial charge in [-0.25, -0.2) is 8.42 Å². The molecule has 0 aliphatic rings. The molecule has 0 heterocycles. The third-order valence-electron chi connectivity index (χ3n) is 3.48. The number of hydrogen-bond acceptors (Lipinski definition) is 6. The number of para-hydroxylation sites is 1. The number of thioether (sulfide) groups is 1. The van der Waals surface area contributed by atoms with Gasteiger partial charge in [0.05, 0.1) is 10.6 Å². The summed E-state index contributed by atoms with van der Waals surface area (Å²) in [7, 11) is -3.82. The van der Waals surface area contributed by atoms with Crippen LogP contribution in [-0.4, -0.2) is 39.7 Å². The average molecular weight is 409 g/mol. The zero-order valence-corrected chi connectivity index (χ0v) is 16.5. The molecule has 0 saturated carbocycles. The first-order valence-electron chi connectivity index (χ1n) is 7.96. The molecule has 0 bridgehead atoms. The maximum absolute atomic E-state index is 12.1. The van der Waals surface area contributed by atoms with Crippen LogP contribution in [0, 0.1) is 6.92 Å². The fraction of sp³-hybridized carbons (Fsp3) is 0.222. The van der Waals surface area contributed by atoms with Gasteiger partial charge in [-0.05, 0) is 37.4 Å². The number of aryl methyl sites for hydroxylation is 1. The number of sulfonamides is 1. The van der Waals surface area contributed by atoms with Crippen LogP contribution in [0.5, 0.6) is 0 Å². The lowest BCUT2D eigenvalue weighted by Crippen LogP contribution is -2.32. The SMILES string of the molecule is CSc1ccccc1NC(=O)COC(=O)CNS(=O)(=O)c1ccc(C)cc1. The lowest BCUT2D eigenvalue weighted by atomic mass is 10.2. The molecule has 7 nitrogen and oxygen atoms in total. The molecule has 27 heavy (non-hydrogen) atoms. The molecule has 0 radical (unpaired) electrons. The van der Waals surface area contributed by atoms with Crippen LogP contribution >= 0.6 is 11.8 Å². The average Bonchev–Trinajstić information content (AvgIpc) is 2.65. The highest BCUT2D eigenvalue weighted by molar-refractivity contribution is 7.98. The number of rotatable bonds is 8. The van der Waals surface area contributed by atoms with E-state index in [1.807, 2.05) is 25.3 Å². The highest BCUT2D eigenvalue weighted by Crippen LogP contribution is 2.24. The molecule has 0 unspecified atom stereocenters. The molecule has 9 heteroatoms. The first kappa shape index (κ1) is 20.9. The van der Waals surface area contributed by atoms with E-state index in [0.29, 0.717) is 5.69 Å². The third-order valence-corrected chi connectivity index (χ3v) is 5.70. The summed E-state index contributed by atoms with van der Waals surface area (Å²) in [6, 6.07) is 13.4. The largest absolute Gasteiger partial charge is 0.455 e. The van der Waals surface area contributed by atoms with Crippen LogP contribution in [0.3, 0.4) is 0 Å². The Hall–Kier alpha value is -2.36. The lowest BCUT2D eigenvalue weighted by molar-refractivity contribution is -0.146. The first-order chi connectivity index (χ1) is 12.8. The molecule has 144 valence electrons. The van der Waals surface area contributed by atoms with Gasteiger partial charge in [0.2, 0.25) is 10.0 Å². The van der Waals surface area contributed by atoms with Gasteiger partial charge in [-0.1, -0.05) is 29.8 Å². The van der Waals surface area contributed by atoms with Gasteiger partial charge in [0.1, 0.15) is 6.54 Å². The van der Waals surface area contributed by atoms with Crippen LogP contribution in [0.4, 0.5) is 5.69 Å². The fourth-order valence-electron chi connectivity index (χ4n) is 2.09. The summed E-state index contributed by atoms with van der Waals surface area (Å²) >= 11 is 1.47. The number of ether oxygens (including phenoxy) is 1. The van der Waals surface area contributed by atoms with Crippen molar-refractivity contribution in [1.82, 2.24) is 4.72 Å².